The number of carbonyl (C=O) groups is 1. The first-order chi connectivity index (χ1) is 9.13. The van der Waals surface area contributed by atoms with E-state index in [2.05, 4.69) is 15.9 Å². The van der Waals surface area contributed by atoms with Crippen molar-refractivity contribution >= 4 is 44.5 Å². The van der Waals surface area contributed by atoms with Gasteiger partial charge in [-0.25, -0.2) is 0 Å². The number of nitrogens with two attached hydrogens (primary N) is 1. The van der Waals surface area contributed by atoms with Crippen molar-refractivity contribution in [3.05, 3.63) is 39.0 Å². The van der Waals surface area contributed by atoms with Crippen molar-refractivity contribution < 1.29 is 9.53 Å². The number of benzene rings is 1. The third kappa shape index (κ3) is 2.46. The van der Waals surface area contributed by atoms with E-state index in [1.165, 1.54) is 0 Å². The van der Waals surface area contributed by atoms with Gasteiger partial charge >= 0.3 is 0 Å². The van der Waals surface area contributed by atoms with Crippen LogP contribution < -0.4 is 15.4 Å². The average molecular weight is 339 g/mol. The van der Waals surface area contributed by atoms with E-state index >= 15 is 0 Å². The Balaban J connectivity index is 1.96. The summed E-state index contributed by atoms with van der Waals surface area (Å²) < 4.78 is 6.46. The van der Waals surface area contributed by atoms with Gasteiger partial charge in [-0.2, -0.15) is 0 Å². The molecule has 1 amide bonds. The molecule has 1 aromatic carbocycles. The highest BCUT2D eigenvalue weighted by Crippen LogP contribution is 2.35. The highest BCUT2D eigenvalue weighted by atomic mass is 79.9. The van der Waals surface area contributed by atoms with Gasteiger partial charge in [-0.05, 0) is 46.3 Å². The molecule has 1 aromatic heterocycles. The van der Waals surface area contributed by atoms with Crippen LogP contribution in [0.3, 0.4) is 0 Å². The minimum atomic E-state index is -0.0531. The first kappa shape index (κ1) is 12.5. The van der Waals surface area contributed by atoms with Crippen molar-refractivity contribution in [1.29, 1.82) is 0 Å². The Morgan fingerprint density at radius 3 is 2.95 bits per heavy atom. The molecule has 1 aliphatic heterocycles. The summed E-state index contributed by atoms with van der Waals surface area (Å²) in [6, 6.07) is 9.33. The zero-order valence-corrected chi connectivity index (χ0v) is 12.3. The van der Waals surface area contributed by atoms with E-state index in [1.807, 2.05) is 12.1 Å². The second-order valence-corrected chi connectivity index (χ2v) is 6.75. The summed E-state index contributed by atoms with van der Waals surface area (Å²) in [5.74, 6) is 0.645. The van der Waals surface area contributed by atoms with Crippen LogP contribution in [0, 0.1) is 0 Å². The zero-order valence-electron chi connectivity index (χ0n) is 9.93. The molecule has 2 heterocycles. The molecule has 19 heavy (non-hydrogen) atoms. The number of fused-ring (bicyclic) bond motifs is 1. The van der Waals surface area contributed by atoms with Gasteiger partial charge in [0.25, 0.3) is 5.91 Å². The van der Waals surface area contributed by atoms with Gasteiger partial charge in [0.1, 0.15) is 5.75 Å². The summed E-state index contributed by atoms with van der Waals surface area (Å²) in [7, 11) is 0. The number of halogens is 1. The average Bonchev–Trinajstić information content (AvgIpc) is 2.79. The predicted octanol–water partition coefficient (Wildman–Crippen LogP) is 3.02. The molecule has 0 radical (unpaired) electrons. The molecule has 98 valence electrons. The summed E-state index contributed by atoms with van der Waals surface area (Å²) in [6.45, 7) is 0.610. The van der Waals surface area contributed by atoms with Crippen LogP contribution in [-0.2, 0) is 11.3 Å². The van der Waals surface area contributed by atoms with Crippen LogP contribution in [0.4, 0.5) is 11.4 Å². The molecule has 0 bridgehead atoms. The summed E-state index contributed by atoms with van der Waals surface area (Å²) >= 11 is 5.04. The summed E-state index contributed by atoms with van der Waals surface area (Å²) in [5.41, 5.74) is 7.15. The van der Waals surface area contributed by atoms with E-state index in [4.69, 9.17) is 10.5 Å². The van der Waals surface area contributed by atoms with Crippen LogP contribution in [0.15, 0.2) is 34.1 Å². The van der Waals surface area contributed by atoms with Crippen LogP contribution in [0.1, 0.15) is 4.88 Å². The third-order valence-electron chi connectivity index (χ3n) is 2.87. The fraction of sp³-hybridized carbons (Fsp3) is 0.154. The molecule has 6 heteroatoms. The number of thiophene rings is 1. The van der Waals surface area contributed by atoms with E-state index in [0.717, 1.165) is 14.4 Å². The zero-order chi connectivity index (χ0) is 13.4. The van der Waals surface area contributed by atoms with Gasteiger partial charge in [-0.3, -0.25) is 4.79 Å². The maximum Gasteiger partial charge on any atom is 0.265 e. The van der Waals surface area contributed by atoms with Crippen molar-refractivity contribution in [3.8, 4) is 5.75 Å². The van der Waals surface area contributed by atoms with Gasteiger partial charge in [0.2, 0.25) is 0 Å². The van der Waals surface area contributed by atoms with Gasteiger partial charge in [-0.15, -0.1) is 11.3 Å². The number of ether oxygens (including phenoxy) is 1. The fourth-order valence-corrected chi connectivity index (χ4v) is 3.46. The number of nitrogen functional groups attached to an aromatic ring is 1. The molecule has 0 saturated carbocycles. The highest BCUT2D eigenvalue weighted by Gasteiger charge is 2.26. The van der Waals surface area contributed by atoms with Crippen LogP contribution in [0.25, 0.3) is 0 Å². The normalized spacial score (nSPS) is 14.2. The highest BCUT2D eigenvalue weighted by molar-refractivity contribution is 9.11. The SMILES string of the molecule is Nc1ccc2c(c1)N(Cc1ccc(Br)s1)C(=O)CO2. The maximum absolute atomic E-state index is 12.0. The van der Waals surface area contributed by atoms with E-state index in [0.29, 0.717) is 18.0 Å². The molecule has 4 nitrogen and oxygen atoms in total. The standard InChI is InChI=1S/C13H11BrN2O2S/c14-12-4-2-9(19-12)6-16-10-5-8(15)1-3-11(10)18-7-13(16)17/h1-5H,6-7,15H2. The van der Waals surface area contributed by atoms with Crippen molar-refractivity contribution in [2.24, 2.45) is 0 Å². The molecule has 0 unspecified atom stereocenters. The van der Waals surface area contributed by atoms with Crippen molar-refractivity contribution in [1.82, 2.24) is 0 Å². The maximum atomic E-state index is 12.0. The number of hydrogen-bond acceptors (Lipinski definition) is 4. The lowest BCUT2D eigenvalue weighted by molar-refractivity contribution is -0.121. The number of anilines is 2. The van der Waals surface area contributed by atoms with Crippen molar-refractivity contribution in [3.63, 3.8) is 0 Å². The number of amides is 1. The minimum absolute atomic E-state index is 0.0531. The molecule has 2 aromatic rings. The lowest BCUT2D eigenvalue weighted by Crippen LogP contribution is -2.38. The molecule has 0 spiro atoms. The predicted molar refractivity (Wildman–Crippen MR) is 79.6 cm³/mol. The molecular formula is C13H11BrN2O2S. The second kappa shape index (κ2) is 4.86. The van der Waals surface area contributed by atoms with Crippen LogP contribution in [-0.4, -0.2) is 12.5 Å². The molecule has 2 N–H and O–H groups in total. The first-order valence-electron chi connectivity index (χ1n) is 5.70. The van der Waals surface area contributed by atoms with E-state index in [1.54, 1.807) is 34.4 Å². The molecule has 1 aliphatic rings. The minimum Gasteiger partial charge on any atom is -0.482 e. The van der Waals surface area contributed by atoms with Gasteiger partial charge in [-0.1, -0.05) is 0 Å². The first-order valence-corrected chi connectivity index (χ1v) is 7.31. The number of nitrogens with zero attached hydrogens (tertiary/aromatic N) is 1. The number of hydrogen-bond donors (Lipinski definition) is 1. The lowest BCUT2D eigenvalue weighted by atomic mass is 10.2. The quantitative estimate of drug-likeness (QED) is 0.856. The molecular weight excluding hydrogens is 328 g/mol. The fourth-order valence-electron chi connectivity index (χ4n) is 1.99. The Morgan fingerprint density at radius 1 is 1.37 bits per heavy atom. The lowest BCUT2D eigenvalue weighted by Gasteiger charge is -2.29. The summed E-state index contributed by atoms with van der Waals surface area (Å²) in [6.07, 6.45) is 0. The van der Waals surface area contributed by atoms with Gasteiger partial charge < -0.3 is 15.4 Å². The Kier molecular flexibility index (Phi) is 3.20. The summed E-state index contributed by atoms with van der Waals surface area (Å²) in [5, 5.41) is 0. The van der Waals surface area contributed by atoms with Gasteiger partial charge in [0.15, 0.2) is 6.61 Å². The smallest absolute Gasteiger partial charge is 0.265 e. The molecule has 0 aliphatic carbocycles. The monoisotopic (exact) mass is 338 g/mol. The van der Waals surface area contributed by atoms with E-state index in [-0.39, 0.29) is 12.5 Å². The summed E-state index contributed by atoms with van der Waals surface area (Å²) in [4.78, 5) is 14.9. The Bertz CT molecular complexity index is 641. The molecule has 0 fully saturated rings. The number of rotatable bonds is 2. The van der Waals surface area contributed by atoms with E-state index < -0.39 is 0 Å². The molecule has 0 saturated heterocycles. The Morgan fingerprint density at radius 2 is 2.21 bits per heavy atom. The Hall–Kier alpha value is -1.53. The second-order valence-electron chi connectivity index (χ2n) is 4.20. The van der Waals surface area contributed by atoms with Crippen LogP contribution in [0.2, 0.25) is 0 Å². The Labute approximate surface area is 122 Å². The van der Waals surface area contributed by atoms with Crippen molar-refractivity contribution in [2.75, 3.05) is 17.2 Å². The largest absolute Gasteiger partial charge is 0.482 e. The van der Waals surface area contributed by atoms with Crippen molar-refractivity contribution in [2.45, 2.75) is 6.54 Å². The third-order valence-corrected chi connectivity index (χ3v) is 4.48. The van der Waals surface area contributed by atoms with Crippen LogP contribution >= 0.6 is 27.3 Å². The van der Waals surface area contributed by atoms with Crippen LogP contribution in [0.5, 0.6) is 5.75 Å². The topological polar surface area (TPSA) is 55.6 Å². The van der Waals surface area contributed by atoms with E-state index in [9.17, 15) is 4.79 Å². The molecule has 0 atom stereocenters. The molecule has 3 rings (SSSR count). The number of carbonyl (C=O) groups excluding carboxylic acids is 1. The van der Waals surface area contributed by atoms with Gasteiger partial charge in [0.05, 0.1) is 16.0 Å². The van der Waals surface area contributed by atoms with Gasteiger partial charge in [0, 0.05) is 10.6 Å².